The van der Waals surface area contributed by atoms with Crippen molar-refractivity contribution in [2.24, 2.45) is 5.92 Å². The summed E-state index contributed by atoms with van der Waals surface area (Å²) in [5, 5.41) is 0. The van der Waals surface area contributed by atoms with Gasteiger partial charge in [-0.15, -0.1) is 0 Å². The Morgan fingerprint density at radius 3 is 2.56 bits per heavy atom. The second-order valence-corrected chi connectivity index (χ2v) is 4.07. The van der Waals surface area contributed by atoms with Crippen molar-refractivity contribution in [2.75, 3.05) is 26.3 Å². The molecule has 1 aliphatic heterocycles. The van der Waals surface area contributed by atoms with Crippen molar-refractivity contribution in [3.63, 3.8) is 0 Å². The van der Waals surface area contributed by atoms with Gasteiger partial charge in [-0.05, 0) is 13.8 Å². The van der Waals surface area contributed by atoms with Crippen molar-refractivity contribution >= 4 is 17.8 Å². The Morgan fingerprint density at radius 2 is 1.94 bits per heavy atom. The van der Waals surface area contributed by atoms with Crippen LogP contribution in [0.15, 0.2) is 0 Å². The quantitative estimate of drug-likeness (QED) is 0.702. The number of ether oxygens (including phenoxy) is 2. The van der Waals surface area contributed by atoms with E-state index in [0.29, 0.717) is 19.8 Å². The number of likely N-dealkylation sites (tertiary alicyclic amines) is 1. The summed E-state index contributed by atoms with van der Waals surface area (Å²) in [6.07, 6.45) is -0.135. The van der Waals surface area contributed by atoms with Gasteiger partial charge in [-0.25, -0.2) is 4.79 Å². The molecule has 1 amide bonds. The zero-order valence-electron chi connectivity index (χ0n) is 10.8. The number of Topliss-reactive ketones (excluding diaryl/α,β-unsaturated/α-hetero) is 1. The lowest BCUT2D eigenvalue weighted by molar-refractivity contribution is -0.147. The molecule has 0 radical (unpaired) electrons. The van der Waals surface area contributed by atoms with Gasteiger partial charge in [0.1, 0.15) is 5.78 Å². The summed E-state index contributed by atoms with van der Waals surface area (Å²) in [7, 11) is 0. The van der Waals surface area contributed by atoms with E-state index in [1.807, 2.05) is 0 Å². The summed E-state index contributed by atoms with van der Waals surface area (Å²) in [4.78, 5) is 36.0. The predicted molar refractivity (Wildman–Crippen MR) is 63.0 cm³/mol. The van der Waals surface area contributed by atoms with E-state index in [2.05, 4.69) is 0 Å². The highest BCUT2D eigenvalue weighted by molar-refractivity contribution is 5.87. The number of piperidine rings is 1. The standard InChI is InChI=1S/C12H19NO5/c1-3-17-11(15)7-9-8-13(6-5-10(9)14)12(16)18-4-2/h9H,3-8H2,1-2H3/t9-/m0/s1. The highest BCUT2D eigenvalue weighted by Crippen LogP contribution is 2.17. The van der Waals surface area contributed by atoms with Gasteiger partial charge in [0.15, 0.2) is 0 Å². The van der Waals surface area contributed by atoms with Gasteiger partial charge in [-0.1, -0.05) is 0 Å². The highest BCUT2D eigenvalue weighted by atomic mass is 16.6. The van der Waals surface area contributed by atoms with Crippen LogP contribution in [0.3, 0.4) is 0 Å². The average Bonchev–Trinajstić information content (AvgIpc) is 2.32. The molecular formula is C12H19NO5. The molecule has 102 valence electrons. The molecule has 1 fully saturated rings. The van der Waals surface area contributed by atoms with Gasteiger partial charge >= 0.3 is 12.1 Å². The Balaban J connectivity index is 2.53. The Labute approximate surface area is 106 Å². The van der Waals surface area contributed by atoms with E-state index in [9.17, 15) is 14.4 Å². The van der Waals surface area contributed by atoms with Crippen molar-refractivity contribution < 1.29 is 23.9 Å². The number of rotatable bonds is 4. The van der Waals surface area contributed by atoms with Crippen molar-refractivity contribution in [1.29, 1.82) is 0 Å². The zero-order chi connectivity index (χ0) is 13.5. The molecule has 0 aliphatic carbocycles. The normalized spacial score (nSPS) is 19.6. The SMILES string of the molecule is CCOC(=O)C[C@H]1CN(C(=O)OCC)CCC1=O. The molecule has 1 aliphatic rings. The first-order valence-electron chi connectivity index (χ1n) is 6.18. The minimum atomic E-state index is -0.470. The van der Waals surface area contributed by atoms with Crippen molar-refractivity contribution in [2.45, 2.75) is 26.7 Å². The van der Waals surface area contributed by atoms with Crippen LogP contribution in [0.2, 0.25) is 0 Å². The Kier molecular flexibility index (Phi) is 5.61. The molecule has 0 aromatic rings. The summed E-state index contributed by atoms with van der Waals surface area (Å²) in [6, 6.07) is 0. The van der Waals surface area contributed by atoms with Gasteiger partial charge in [-0.2, -0.15) is 0 Å². The first-order valence-corrected chi connectivity index (χ1v) is 6.18. The number of amides is 1. The predicted octanol–water partition coefficient (Wildman–Crippen LogP) is 0.987. The second-order valence-electron chi connectivity index (χ2n) is 4.07. The van der Waals surface area contributed by atoms with Gasteiger partial charge in [0.2, 0.25) is 0 Å². The number of nitrogens with zero attached hydrogens (tertiary/aromatic N) is 1. The molecule has 0 bridgehead atoms. The molecule has 1 atom stereocenters. The molecule has 18 heavy (non-hydrogen) atoms. The van der Waals surface area contributed by atoms with Crippen LogP contribution in [-0.4, -0.2) is 49.0 Å². The van der Waals surface area contributed by atoms with Crippen LogP contribution in [-0.2, 0) is 19.1 Å². The van der Waals surface area contributed by atoms with E-state index in [-0.39, 0.29) is 25.2 Å². The minimum absolute atomic E-state index is 0.00333. The van der Waals surface area contributed by atoms with Gasteiger partial charge in [-0.3, -0.25) is 9.59 Å². The number of hydrogen-bond donors (Lipinski definition) is 0. The number of carbonyl (C=O) groups excluding carboxylic acids is 3. The summed E-state index contributed by atoms with van der Waals surface area (Å²) in [5.41, 5.74) is 0. The van der Waals surface area contributed by atoms with Crippen molar-refractivity contribution in [3.05, 3.63) is 0 Å². The summed E-state index contributed by atoms with van der Waals surface area (Å²) >= 11 is 0. The average molecular weight is 257 g/mol. The first-order chi connectivity index (χ1) is 8.58. The molecule has 1 rings (SSSR count). The van der Waals surface area contributed by atoms with Crippen LogP contribution in [0.25, 0.3) is 0 Å². The Bertz CT molecular complexity index is 328. The molecule has 0 aromatic heterocycles. The van der Waals surface area contributed by atoms with E-state index >= 15 is 0 Å². The van der Waals surface area contributed by atoms with Crippen LogP contribution in [0.5, 0.6) is 0 Å². The summed E-state index contributed by atoms with van der Waals surface area (Å²) in [5.74, 6) is -0.868. The van der Waals surface area contributed by atoms with Gasteiger partial charge in [0.05, 0.1) is 19.6 Å². The summed E-state index contributed by atoms with van der Waals surface area (Å²) in [6.45, 7) is 4.62. The topological polar surface area (TPSA) is 72.9 Å². The van der Waals surface area contributed by atoms with Crippen LogP contribution < -0.4 is 0 Å². The molecule has 0 unspecified atom stereocenters. The smallest absolute Gasteiger partial charge is 0.409 e. The molecule has 0 spiro atoms. The minimum Gasteiger partial charge on any atom is -0.466 e. The van der Waals surface area contributed by atoms with E-state index in [4.69, 9.17) is 9.47 Å². The first kappa shape index (κ1) is 14.5. The highest BCUT2D eigenvalue weighted by Gasteiger charge is 2.32. The van der Waals surface area contributed by atoms with Gasteiger partial charge in [0.25, 0.3) is 0 Å². The maximum absolute atomic E-state index is 11.7. The molecule has 1 heterocycles. The number of ketones is 1. The third-order valence-corrected chi connectivity index (χ3v) is 2.77. The lowest BCUT2D eigenvalue weighted by Crippen LogP contribution is -2.45. The fourth-order valence-electron chi connectivity index (χ4n) is 1.89. The van der Waals surface area contributed by atoms with Crippen LogP contribution in [0, 0.1) is 5.92 Å². The molecule has 6 nitrogen and oxygen atoms in total. The summed E-state index contributed by atoms with van der Waals surface area (Å²) < 4.78 is 9.69. The van der Waals surface area contributed by atoms with Crippen molar-refractivity contribution in [1.82, 2.24) is 4.90 Å². The van der Waals surface area contributed by atoms with Crippen LogP contribution in [0.1, 0.15) is 26.7 Å². The van der Waals surface area contributed by atoms with E-state index in [1.165, 1.54) is 4.90 Å². The number of carbonyl (C=O) groups is 3. The lowest BCUT2D eigenvalue weighted by atomic mass is 9.93. The molecule has 0 N–H and O–H groups in total. The van der Waals surface area contributed by atoms with E-state index in [1.54, 1.807) is 13.8 Å². The Hall–Kier alpha value is -1.59. The molecule has 0 aromatic carbocycles. The lowest BCUT2D eigenvalue weighted by Gasteiger charge is -2.30. The molecular weight excluding hydrogens is 238 g/mol. The van der Waals surface area contributed by atoms with Crippen molar-refractivity contribution in [3.8, 4) is 0 Å². The second kappa shape index (κ2) is 6.98. The van der Waals surface area contributed by atoms with E-state index in [0.717, 1.165) is 0 Å². The monoisotopic (exact) mass is 257 g/mol. The van der Waals surface area contributed by atoms with Gasteiger partial charge < -0.3 is 14.4 Å². The maximum atomic E-state index is 11.7. The Morgan fingerprint density at radius 1 is 1.28 bits per heavy atom. The zero-order valence-corrected chi connectivity index (χ0v) is 10.8. The molecule has 0 saturated carbocycles. The maximum Gasteiger partial charge on any atom is 0.409 e. The largest absolute Gasteiger partial charge is 0.466 e. The fourth-order valence-corrected chi connectivity index (χ4v) is 1.89. The third kappa shape index (κ3) is 4.01. The molecule has 1 saturated heterocycles. The number of hydrogen-bond acceptors (Lipinski definition) is 5. The van der Waals surface area contributed by atoms with Crippen LogP contribution >= 0.6 is 0 Å². The van der Waals surface area contributed by atoms with Gasteiger partial charge in [0, 0.05) is 25.4 Å². The fraction of sp³-hybridized carbons (Fsp3) is 0.750. The van der Waals surface area contributed by atoms with Crippen LogP contribution in [0.4, 0.5) is 4.79 Å². The third-order valence-electron chi connectivity index (χ3n) is 2.77. The number of esters is 1. The molecule has 6 heteroatoms. The van der Waals surface area contributed by atoms with E-state index < -0.39 is 18.0 Å².